The lowest BCUT2D eigenvalue weighted by Gasteiger charge is -2.11. The molecule has 0 saturated heterocycles. The molecular formula is C42H36BBrN2O4. The van der Waals surface area contributed by atoms with Gasteiger partial charge in [-0.25, -0.2) is 0 Å². The molecule has 0 unspecified atom stereocenters. The molecule has 6 aromatic rings. The van der Waals surface area contributed by atoms with Crippen LogP contribution in [0.1, 0.15) is 33.4 Å². The Morgan fingerprint density at radius 1 is 0.580 bits per heavy atom. The van der Waals surface area contributed by atoms with Gasteiger partial charge in [-0.15, -0.1) is 0 Å². The Labute approximate surface area is 302 Å². The van der Waals surface area contributed by atoms with E-state index in [1.165, 1.54) is 35.4 Å². The molecule has 0 heterocycles. The van der Waals surface area contributed by atoms with Crippen molar-refractivity contribution < 1.29 is 19.5 Å². The fourth-order valence-electron chi connectivity index (χ4n) is 4.69. The van der Waals surface area contributed by atoms with Crippen molar-refractivity contribution in [1.29, 1.82) is 10.5 Å². The van der Waals surface area contributed by atoms with Crippen LogP contribution in [0.25, 0.3) is 11.1 Å². The number of rotatable bonds is 8. The van der Waals surface area contributed by atoms with Crippen molar-refractivity contribution in [3.05, 3.63) is 183 Å². The summed E-state index contributed by atoms with van der Waals surface area (Å²) in [6, 6.07) is 50.2. The zero-order valence-corrected chi connectivity index (χ0v) is 29.4. The molecule has 0 saturated carbocycles. The lowest BCUT2D eigenvalue weighted by molar-refractivity contribution is 0.306. The van der Waals surface area contributed by atoms with E-state index in [1.54, 1.807) is 0 Å². The fraction of sp³-hybridized carbons (Fsp3) is 0.0952. The molecule has 2 N–H and O–H groups in total. The van der Waals surface area contributed by atoms with Crippen molar-refractivity contribution in [3.63, 3.8) is 0 Å². The molecule has 8 heteroatoms. The van der Waals surface area contributed by atoms with Gasteiger partial charge in [-0.3, -0.25) is 0 Å². The smallest absolute Gasteiger partial charge is 0.488 e. The van der Waals surface area contributed by atoms with Crippen LogP contribution in [0, 0.1) is 36.5 Å². The average Bonchev–Trinajstić information content (AvgIpc) is 3.16. The summed E-state index contributed by atoms with van der Waals surface area (Å²) in [6.45, 7) is 5.31. The molecule has 6 aromatic carbocycles. The standard InChI is InChI=1S/C21H17NO.C14H13BrO.C7H6BNO2/c1-16-13-20(23-15-18-5-3-2-4-6-18)11-12-21(16)19-9-7-17(14-22)8-10-19;1-11-9-13(7-8-14(11)15)16-10-12-5-3-2-4-6-12;9-5-6-1-3-7(4-2-6)8(10)11/h2-13H,15H2,1H3;2-9H,10H2,1H3;1-4,10-11H. The van der Waals surface area contributed by atoms with Crippen LogP contribution in [-0.4, -0.2) is 17.2 Å². The first-order chi connectivity index (χ1) is 24.2. The first-order valence-electron chi connectivity index (χ1n) is 15.8. The molecule has 0 fully saturated rings. The molecule has 0 spiro atoms. The Morgan fingerprint density at radius 2 is 1.04 bits per heavy atom. The number of hydrogen-bond donors (Lipinski definition) is 2. The first kappa shape index (κ1) is 37.2. The third-order valence-corrected chi connectivity index (χ3v) is 8.38. The molecule has 0 atom stereocenters. The van der Waals surface area contributed by atoms with E-state index in [1.807, 2.05) is 91.0 Å². The van der Waals surface area contributed by atoms with Gasteiger partial charge in [-0.1, -0.05) is 107 Å². The largest absolute Gasteiger partial charge is 0.489 e. The number of aryl methyl sites for hydroxylation is 2. The van der Waals surface area contributed by atoms with Crippen molar-refractivity contribution >= 4 is 28.5 Å². The van der Waals surface area contributed by atoms with Crippen LogP contribution in [-0.2, 0) is 13.2 Å². The number of ether oxygens (including phenoxy) is 2. The monoisotopic (exact) mass is 722 g/mol. The number of nitrogens with zero attached hydrogens (tertiary/aromatic N) is 2. The Hall–Kier alpha value is -5.64. The van der Waals surface area contributed by atoms with Crippen LogP contribution < -0.4 is 14.9 Å². The van der Waals surface area contributed by atoms with Gasteiger partial charge in [-0.2, -0.15) is 10.5 Å². The Morgan fingerprint density at radius 3 is 1.48 bits per heavy atom. The van der Waals surface area contributed by atoms with Crippen LogP contribution in [0.3, 0.4) is 0 Å². The Balaban J connectivity index is 0.000000181. The van der Waals surface area contributed by atoms with E-state index in [-0.39, 0.29) is 0 Å². The molecular weight excluding hydrogens is 687 g/mol. The minimum Gasteiger partial charge on any atom is -0.489 e. The first-order valence-corrected chi connectivity index (χ1v) is 16.6. The van der Waals surface area contributed by atoms with Crippen molar-refractivity contribution in [2.24, 2.45) is 0 Å². The molecule has 0 radical (unpaired) electrons. The highest BCUT2D eigenvalue weighted by Gasteiger charge is 2.09. The lowest BCUT2D eigenvalue weighted by atomic mass is 9.80. The quantitative estimate of drug-likeness (QED) is 0.152. The summed E-state index contributed by atoms with van der Waals surface area (Å²) in [5, 5.41) is 34.6. The van der Waals surface area contributed by atoms with Gasteiger partial charge in [0, 0.05) is 4.47 Å². The van der Waals surface area contributed by atoms with Gasteiger partial charge in [-0.05, 0) is 107 Å². The normalized spacial score (nSPS) is 9.82. The van der Waals surface area contributed by atoms with E-state index in [0.717, 1.165) is 38.2 Å². The van der Waals surface area contributed by atoms with E-state index in [9.17, 15) is 0 Å². The fourth-order valence-corrected chi connectivity index (χ4v) is 4.94. The summed E-state index contributed by atoms with van der Waals surface area (Å²) in [5.41, 5.74) is 8.51. The number of nitriles is 2. The summed E-state index contributed by atoms with van der Waals surface area (Å²) >= 11 is 3.47. The van der Waals surface area contributed by atoms with Gasteiger partial charge in [0.1, 0.15) is 24.7 Å². The summed E-state index contributed by atoms with van der Waals surface area (Å²) < 4.78 is 12.7. The van der Waals surface area contributed by atoms with E-state index in [0.29, 0.717) is 29.8 Å². The second-order valence-corrected chi connectivity index (χ2v) is 12.1. The third kappa shape index (κ3) is 11.8. The van der Waals surface area contributed by atoms with Crippen molar-refractivity contribution in [2.75, 3.05) is 0 Å². The van der Waals surface area contributed by atoms with Gasteiger partial charge in [0.15, 0.2) is 0 Å². The zero-order valence-electron chi connectivity index (χ0n) is 27.8. The van der Waals surface area contributed by atoms with Gasteiger partial charge in [0.05, 0.1) is 23.3 Å². The lowest BCUT2D eigenvalue weighted by Crippen LogP contribution is -2.29. The SMILES string of the molecule is Cc1cc(OCc2ccccc2)ccc1-c1ccc(C#N)cc1.Cc1cc(OCc2ccccc2)ccc1Br.N#Cc1ccc(B(O)O)cc1. The van der Waals surface area contributed by atoms with Gasteiger partial charge in [0.25, 0.3) is 0 Å². The van der Waals surface area contributed by atoms with Gasteiger partial charge < -0.3 is 19.5 Å². The number of hydrogen-bond acceptors (Lipinski definition) is 6. The minimum absolute atomic E-state index is 0.393. The summed E-state index contributed by atoms with van der Waals surface area (Å²) in [5.74, 6) is 1.77. The van der Waals surface area contributed by atoms with Crippen molar-refractivity contribution in [2.45, 2.75) is 27.1 Å². The molecule has 0 amide bonds. The third-order valence-electron chi connectivity index (χ3n) is 7.49. The van der Waals surface area contributed by atoms with Crippen LogP contribution in [0.2, 0.25) is 0 Å². The highest BCUT2D eigenvalue weighted by atomic mass is 79.9. The van der Waals surface area contributed by atoms with Crippen LogP contribution in [0.15, 0.2) is 150 Å². The molecule has 6 nitrogen and oxygen atoms in total. The predicted molar refractivity (Wildman–Crippen MR) is 203 cm³/mol. The van der Waals surface area contributed by atoms with Crippen molar-refractivity contribution in [3.8, 4) is 34.8 Å². The van der Waals surface area contributed by atoms with Crippen molar-refractivity contribution in [1.82, 2.24) is 0 Å². The molecule has 0 aliphatic heterocycles. The molecule has 0 aliphatic carbocycles. The molecule has 0 aromatic heterocycles. The Kier molecular flexibility index (Phi) is 14.4. The summed E-state index contributed by atoms with van der Waals surface area (Å²) in [4.78, 5) is 0. The summed E-state index contributed by atoms with van der Waals surface area (Å²) in [6.07, 6.45) is 0. The average molecular weight is 723 g/mol. The van der Waals surface area contributed by atoms with Gasteiger partial charge in [0.2, 0.25) is 0 Å². The number of halogens is 1. The molecule has 248 valence electrons. The zero-order chi connectivity index (χ0) is 35.7. The second-order valence-electron chi connectivity index (χ2n) is 11.2. The minimum atomic E-state index is -1.46. The molecule has 0 bridgehead atoms. The molecule has 6 rings (SSSR count). The highest BCUT2D eigenvalue weighted by molar-refractivity contribution is 9.10. The second kappa shape index (κ2) is 19.4. The van der Waals surface area contributed by atoms with E-state index >= 15 is 0 Å². The maximum atomic E-state index is 8.88. The molecule has 0 aliphatic rings. The van der Waals surface area contributed by atoms with Gasteiger partial charge >= 0.3 is 7.12 Å². The van der Waals surface area contributed by atoms with E-state index in [2.05, 4.69) is 72.2 Å². The van der Waals surface area contributed by atoms with Crippen LogP contribution in [0.4, 0.5) is 0 Å². The maximum absolute atomic E-state index is 8.88. The number of benzene rings is 6. The van der Waals surface area contributed by atoms with Crippen LogP contribution >= 0.6 is 15.9 Å². The summed E-state index contributed by atoms with van der Waals surface area (Å²) in [7, 11) is -1.46. The van der Waals surface area contributed by atoms with E-state index < -0.39 is 7.12 Å². The highest BCUT2D eigenvalue weighted by Crippen LogP contribution is 2.27. The maximum Gasteiger partial charge on any atom is 0.488 e. The topological polar surface area (TPSA) is 106 Å². The van der Waals surface area contributed by atoms with Crippen LogP contribution in [0.5, 0.6) is 11.5 Å². The molecule has 50 heavy (non-hydrogen) atoms. The Bertz CT molecular complexity index is 2020. The van der Waals surface area contributed by atoms with E-state index in [4.69, 9.17) is 30.0 Å². The predicted octanol–water partition coefficient (Wildman–Crippen LogP) is 8.69.